The number of benzene rings is 2. The molecule has 0 aliphatic heterocycles. The van der Waals surface area contributed by atoms with Crippen LogP contribution in [0, 0.1) is 0 Å². The minimum absolute atomic E-state index is 0.198. The Morgan fingerprint density at radius 2 is 1.81 bits per heavy atom. The highest BCUT2D eigenvalue weighted by atomic mass is 16.6. The maximum atomic E-state index is 12.1. The number of nitrogens with one attached hydrogen (secondary N) is 2. The second-order valence-corrected chi connectivity index (χ2v) is 5.69. The maximum absolute atomic E-state index is 12.1. The lowest BCUT2D eigenvalue weighted by Gasteiger charge is -2.17. The van der Waals surface area contributed by atoms with E-state index in [0.29, 0.717) is 23.8 Å². The van der Waals surface area contributed by atoms with Gasteiger partial charge in [0.2, 0.25) is 0 Å². The summed E-state index contributed by atoms with van der Waals surface area (Å²) in [5, 5.41) is 5.63. The number of carbonyl (C=O) groups excluding carboxylic acids is 2. The van der Waals surface area contributed by atoms with Crippen molar-refractivity contribution in [2.75, 3.05) is 25.6 Å². The second-order valence-electron chi connectivity index (χ2n) is 5.69. The van der Waals surface area contributed by atoms with Crippen LogP contribution in [0.25, 0.3) is 0 Å². The monoisotopic (exact) mass is 372 g/mol. The molecule has 7 nitrogen and oxygen atoms in total. The second kappa shape index (κ2) is 10.1. The predicted octanol–water partition coefficient (Wildman–Crippen LogP) is 3.52. The van der Waals surface area contributed by atoms with E-state index in [1.54, 1.807) is 25.1 Å². The normalized spacial score (nSPS) is 11.2. The zero-order chi connectivity index (χ0) is 19.6. The lowest BCUT2D eigenvalue weighted by atomic mass is 10.1. The van der Waals surface area contributed by atoms with Crippen LogP contribution in [0.2, 0.25) is 0 Å². The Balaban J connectivity index is 1.98. The molecule has 7 heteroatoms. The van der Waals surface area contributed by atoms with Gasteiger partial charge in [-0.1, -0.05) is 24.3 Å². The Hall–Kier alpha value is -3.22. The lowest BCUT2D eigenvalue weighted by molar-refractivity contribution is -0.145. The van der Waals surface area contributed by atoms with Crippen LogP contribution in [-0.2, 0) is 9.53 Å². The Labute approximate surface area is 158 Å². The van der Waals surface area contributed by atoms with Crippen LogP contribution in [0.15, 0.2) is 48.5 Å². The molecule has 0 aromatic heterocycles. The van der Waals surface area contributed by atoms with Crippen LogP contribution >= 0.6 is 0 Å². The number of carbonyl (C=O) groups is 2. The zero-order valence-electron chi connectivity index (χ0n) is 15.7. The fraction of sp³-hybridized carbons (Fsp3) is 0.300. The van der Waals surface area contributed by atoms with Gasteiger partial charge in [-0.3, -0.25) is 0 Å². The molecule has 0 radical (unpaired) electrons. The minimum atomic E-state index is -0.448. The van der Waals surface area contributed by atoms with Crippen LogP contribution in [0.3, 0.4) is 0 Å². The lowest BCUT2D eigenvalue weighted by Crippen LogP contribution is -2.31. The van der Waals surface area contributed by atoms with Gasteiger partial charge >= 0.3 is 12.0 Å². The Bertz CT molecular complexity index is 764. The number of hydrogen-bond donors (Lipinski definition) is 2. The number of anilines is 1. The molecule has 0 spiro atoms. The number of hydrogen-bond acceptors (Lipinski definition) is 5. The van der Waals surface area contributed by atoms with E-state index in [1.807, 2.05) is 37.3 Å². The van der Waals surface area contributed by atoms with Gasteiger partial charge in [-0.2, -0.15) is 0 Å². The van der Waals surface area contributed by atoms with Crippen molar-refractivity contribution in [2.45, 2.75) is 19.9 Å². The number of ether oxygens (including phenoxy) is 3. The minimum Gasteiger partial charge on any atom is -0.493 e. The molecule has 2 aromatic rings. The molecule has 0 heterocycles. The van der Waals surface area contributed by atoms with Crippen molar-refractivity contribution in [1.82, 2.24) is 5.32 Å². The first-order valence-electron chi connectivity index (χ1n) is 8.62. The van der Waals surface area contributed by atoms with Gasteiger partial charge in [-0.15, -0.1) is 0 Å². The molecule has 0 aliphatic carbocycles. The van der Waals surface area contributed by atoms with E-state index in [4.69, 9.17) is 14.2 Å². The molecule has 0 fully saturated rings. The van der Waals surface area contributed by atoms with E-state index in [1.165, 1.54) is 7.11 Å². The van der Waals surface area contributed by atoms with Gasteiger partial charge in [0.05, 0.1) is 19.8 Å². The number of rotatable bonds is 8. The van der Waals surface area contributed by atoms with Crippen LogP contribution in [0.1, 0.15) is 25.5 Å². The van der Waals surface area contributed by atoms with E-state index in [9.17, 15) is 9.59 Å². The first kappa shape index (κ1) is 20.1. The summed E-state index contributed by atoms with van der Waals surface area (Å²) in [6, 6.07) is 13.9. The van der Waals surface area contributed by atoms with Crippen molar-refractivity contribution in [3.63, 3.8) is 0 Å². The number of urea groups is 1. The summed E-state index contributed by atoms with van der Waals surface area (Å²) in [4.78, 5) is 23.5. The van der Waals surface area contributed by atoms with E-state index >= 15 is 0 Å². The van der Waals surface area contributed by atoms with E-state index < -0.39 is 5.97 Å². The van der Waals surface area contributed by atoms with Gasteiger partial charge in [-0.25, -0.2) is 9.59 Å². The summed E-state index contributed by atoms with van der Waals surface area (Å²) < 4.78 is 15.6. The number of esters is 1. The van der Waals surface area contributed by atoms with Gasteiger partial charge < -0.3 is 24.8 Å². The van der Waals surface area contributed by atoms with Crippen molar-refractivity contribution in [1.29, 1.82) is 0 Å². The number of methoxy groups -OCH3 is 1. The van der Waals surface area contributed by atoms with Crippen molar-refractivity contribution < 1.29 is 23.8 Å². The van der Waals surface area contributed by atoms with Gasteiger partial charge in [-0.05, 0) is 43.7 Å². The molecule has 2 N–H and O–H groups in total. The molecule has 144 valence electrons. The molecule has 2 amide bonds. The van der Waals surface area contributed by atoms with Gasteiger partial charge in [0.15, 0.2) is 18.1 Å². The molecule has 27 heavy (non-hydrogen) atoms. The van der Waals surface area contributed by atoms with E-state index in [0.717, 1.165) is 5.56 Å². The van der Waals surface area contributed by atoms with Crippen LogP contribution in [0.4, 0.5) is 10.5 Å². The molecule has 0 saturated heterocycles. The average molecular weight is 372 g/mol. The van der Waals surface area contributed by atoms with Crippen molar-refractivity contribution >= 4 is 17.7 Å². The number of para-hydroxylation sites is 1. The SMILES string of the molecule is CCOC(=O)COc1ccc([C@H](C)NC(=O)Nc2ccccc2)cc1OC. The highest BCUT2D eigenvalue weighted by molar-refractivity contribution is 5.89. The van der Waals surface area contributed by atoms with Gasteiger partial charge in [0, 0.05) is 5.69 Å². The smallest absolute Gasteiger partial charge is 0.344 e. The topological polar surface area (TPSA) is 85.9 Å². The maximum Gasteiger partial charge on any atom is 0.344 e. The summed E-state index contributed by atoms with van der Waals surface area (Å²) in [5.41, 5.74) is 1.54. The Morgan fingerprint density at radius 3 is 2.48 bits per heavy atom. The van der Waals surface area contributed by atoms with Crippen LogP contribution in [0.5, 0.6) is 11.5 Å². The molecule has 0 unspecified atom stereocenters. The van der Waals surface area contributed by atoms with Gasteiger partial charge in [0.1, 0.15) is 0 Å². The van der Waals surface area contributed by atoms with E-state index in [2.05, 4.69) is 10.6 Å². The van der Waals surface area contributed by atoms with Crippen molar-refractivity contribution in [3.05, 3.63) is 54.1 Å². The predicted molar refractivity (Wildman–Crippen MR) is 102 cm³/mol. The molecule has 2 aromatic carbocycles. The molecule has 0 bridgehead atoms. The fourth-order valence-corrected chi connectivity index (χ4v) is 2.38. The third kappa shape index (κ3) is 6.22. The first-order valence-corrected chi connectivity index (χ1v) is 8.62. The molecule has 1 atom stereocenters. The largest absolute Gasteiger partial charge is 0.493 e. The summed E-state index contributed by atoms with van der Waals surface area (Å²) in [5.74, 6) is 0.445. The first-order chi connectivity index (χ1) is 13.0. The van der Waals surface area contributed by atoms with Crippen molar-refractivity contribution in [2.24, 2.45) is 0 Å². The average Bonchev–Trinajstić information content (AvgIpc) is 2.67. The third-order valence-electron chi connectivity index (χ3n) is 3.72. The highest BCUT2D eigenvalue weighted by Gasteiger charge is 2.14. The standard InChI is InChI=1S/C20H24N2O5/c1-4-26-19(23)13-27-17-11-10-15(12-18(17)25-3)14(2)21-20(24)22-16-8-6-5-7-9-16/h5-12,14H,4,13H2,1-3H3,(H2,21,22,24)/t14-/m0/s1. The Morgan fingerprint density at radius 1 is 1.07 bits per heavy atom. The summed E-state index contributed by atoms with van der Waals surface area (Å²) in [6.45, 7) is 3.69. The zero-order valence-corrected chi connectivity index (χ0v) is 15.7. The summed E-state index contributed by atoms with van der Waals surface area (Å²) in [7, 11) is 1.51. The summed E-state index contributed by atoms with van der Waals surface area (Å²) in [6.07, 6.45) is 0. The van der Waals surface area contributed by atoms with Crippen LogP contribution < -0.4 is 20.1 Å². The molecular formula is C20H24N2O5. The summed E-state index contributed by atoms with van der Waals surface area (Å²) >= 11 is 0. The molecule has 0 saturated carbocycles. The van der Waals surface area contributed by atoms with Gasteiger partial charge in [0.25, 0.3) is 0 Å². The third-order valence-corrected chi connectivity index (χ3v) is 3.72. The van der Waals surface area contributed by atoms with Crippen LogP contribution in [-0.4, -0.2) is 32.3 Å². The highest BCUT2D eigenvalue weighted by Crippen LogP contribution is 2.30. The fourth-order valence-electron chi connectivity index (χ4n) is 2.38. The quantitative estimate of drug-likeness (QED) is 0.693. The number of amides is 2. The molecular weight excluding hydrogens is 348 g/mol. The Kier molecular flexibility index (Phi) is 7.49. The van der Waals surface area contributed by atoms with E-state index in [-0.39, 0.29) is 18.7 Å². The molecule has 0 aliphatic rings. The molecule has 2 rings (SSSR count). The van der Waals surface area contributed by atoms with Crippen molar-refractivity contribution in [3.8, 4) is 11.5 Å².